The van der Waals surface area contributed by atoms with Crippen molar-refractivity contribution in [2.75, 3.05) is 51.5 Å². The molecule has 0 unspecified atom stereocenters. The Balaban J connectivity index is 1.16. The Kier molecular flexibility index (Phi) is 7.42. The molecule has 3 aromatic rings. The van der Waals surface area contributed by atoms with Gasteiger partial charge in [-0.05, 0) is 42.7 Å². The average molecular weight is 509 g/mol. The van der Waals surface area contributed by atoms with E-state index in [9.17, 15) is 0 Å². The third-order valence-electron chi connectivity index (χ3n) is 7.81. The van der Waals surface area contributed by atoms with Crippen LogP contribution in [0.3, 0.4) is 0 Å². The SMILES string of the molecule is COc1ccccc1N1CCN(Cc2cc3c(c4ncccc24)OCN(CCC2=CC=CC=CC2)C3)CC1. The maximum absolute atomic E-state index is 6.33. The van der Waals surface area contributed by atoms with Crippen LogP contribution in [-0.2, 0) is 13.1 Å². The van der Waals surface area contributed by atoms with Crippen molar-refractivity contribution in [1.82, 2.24) is 14.8 Å². The molecule has 0 atom stereocenters. The minimum Gasteiger partial charge on any atom is -0.495 e. The van der Waals surface area contributed by atoms with E-state index in [0.29, 0.717) is 6.73 Å². The lowest BCUT2D eigenvalue weighted by atomic mass is 10.0. The monoisotopic (exact) mass is 508 g/mol. The first-order valence-corrected chi connectivity index (χ1v) is 13.6. The molecule has 0 amide bonds. The van der Waals surface area contributed by atoms with Gasteiger partial charge in [-0.15, -0.1) is 0 Å². The number of pyridine rings is 1. The molecule has 196 valence electrons. The number of hydrogen-bond donors (Lipinski definition) is 0. The number of methoxy groups -OCH3 is 1. The first-order chi connectivity index (χ1) is 18.8. The van der Waals surface area contributed by atoms with Crippen LogP contribution in [0.15, 0.2) is 84.6 Å². The van der Waals surface area contributed by atoms with E-state index in [4.69, 9.17) is 14.5 Å². The van der Waals surface area contributed by atoms with Crippen LogP contribution in [0.1, 0.15) is 24.0 Å². The Morgan fingerprint density at radius 2 is 1.87 bits per heavy atom. The maximum atomic E-state index is 6.33. The van der Waals surface area contributed by atoms with Gasteiger partial charge in [-0.2, -0.15) is 0 Å². The van der Waals surface area contributed by atoms with Gasteiger partial charge < -0.3 is 14.4 Å². The summed E-state index contributed by atoms with van der Waals surface area (Å²) in [5, 5.41) is 1.20. The van der Waals surface area contributed by atoms with Gasteiger partial charge in [0.2, 0.25) is 0 Å². The van der Waals surface area contributed by atoms with Crippen LogP contribution in [0.5, 0.6) is 11.5 Å². The van der Waals surface area contributed by atoms with Crippen molar-refractivity contribution in [1.29, 1.82) is 0 Å². The third kappa shape index (κ3) is 5.33. The molecule has 0 saturated carbocycles. The van der Waals surface area contributed by atoms with E-state index < -0.39 is 0 Å². The average Bonchev–Trinajstić information content (AvgIpc) is 3.25. The van der Waals surface area contributed by atoms with Crippen molar-refractivity contribution < 1.29 is 9.47 Å². The Labute approximate surface area is 225 Å². The van der Waals surface area contributed by atoms with Gasteiger partial charge in [0.25, 0.3) is 0 Å². The van der Waals surface area contributed by atoms with Crippen LogP contribution in [0.4, 0.5) is 5.69 Å². The first kappa shape index (κ1) is 24.7. The molecule has 0 radical (unpaired) electrons. The van der Waals surface area contributed by atoms with E-state index in [2.05, 4.69) is 69.3 Å². The van der Waals surface area contributed by atoms with Crippen LogP contribution >= 0.6 is 0 Å². The van der Waals surface area contributed by atoms with Gasteiger partial charge >= 0.3 is 0 Å². The summed E-state index contributed by atoms with van der Waals surface area (Å²) in [5.74, 6) is 1.90. The molecule has 6 nitrogen and oxygen atoms in total. The highest BCUT2D eigenvalue weighted by atomic mass is 16.5. The van der Waals surface area contributed by atoms with E-state index in [-0.39, 0.29) is 0 Å². The molecule has 1 fully saturated rings. The summed E-state index contributed by atoms with van der Waals surface area (Å²) in [7, 11) is 1.75. The number of benzene rings is 2. The van der Waals surface area contributed by atoms with Gasteiger partial charge in [0.05, 0.1) is 12.8 Å². The summed E-state index contributed by atoms with van der Waals surface area (Å²) < 4.78 is 11.9. The number of nitrogens with zero attached hydrogens (tertiary/aromatic N) is 4. The van der Waals surface area contributed by atoms with E-state index in [1.807, 2.05) is 24.4 Å². The highest BCUT2D eigenvalue weighted by Gasteiger charge is 2.24. The van der Waals surface area contributed by atoms with Crippen LogP contribution < -0.4 is 14.4 Å². The Morgan fingerprint density at radius 3 is 2.76 bits per heavy atom. The Hall–Kier alpha value is -3.61. The van der Waals surface area contributed by atoms with Gasteiger partial charge in [-0.3, -0.25) is 14.8 Å². The Bertz CT molecular complexity index is 1370. The largest absolute Gasteiger partial charge is 0.495 e. The van der Waals surface area contributed by atoms with Gasteiger partial charge in [0.15, 0.2) is 5.75 Å². The fourth-order valence-electron chi connectivity index (χ4n) is 5.73. The van der Waals surface area contributed by atoms with Crippen LogP contribution in [0.25, 0.3) is 10.9 Å². The van der Waals surface area contributed by atoms with E-state index in [1.165, 1.54) is 27.8 Å². The number of para-hydroxylation sites is 2. The predicted molar refractivity (Wildman–Crippen MR) is 154 cm³/mol. The van der Waals surface area contributed by atoms with Crippen LogP contribution in [0.2, 0.25) is 0 Å². The Morgan fingerprint density at radius 1 is 0.974 bits per heavy atom. The first-order valence-electron chi connectivity index (χ1n) is 13.6. The second-order valence-electron chi connectivity index (χ2n) is 10.3. The van der Waals surface area contributed by atoms with Gasteiger partial charge in [0.1, 0.15) is 18.0 Å². The lowest BCUT2D eigenvalue weighted by molar-refractivity contribution is 0.0978. The molecule has 0 spiro atoms. The van der Waals surface area contributed by atoms with E-state index in [0.717, 1.165) is 75.7 Å². The third-order valence-corrected chi connectivity index (χ3v) is 7.81. The lowest BCUT2D eigenvalue weighted by Gasteiger charge is -2.37. The summed E-state index contributed by atoms with van der Waals surface area (Å²) in [5.41, 5.74) is 6.23. The molecule has 0 bridgehead atoms. The zero-order chi connectivity index (χ0) is 25.7. The number of ether oxygens (including phenoxy) is 2. The number of anilines is 1. The molecule has 1 saturated heterocycles. The summed E-state index contributed by atoms with van der Waals surface area (Å²) in [6.45, 7) is 7.41. The van der Waals surface area contributed by atoms with Crippen molar-refractivity contribution in [2.45, 2.75) is 25.9 Å². The maximum Gasteiger partial charge on any atom is 0.152 e. The fourth-order valence-corrected chi connectivity index (χ4v) is 5.73. The zero-order valence-electron chi connectivity index (χ0n) is 22.2. The molecule has 1 aliphatic carbocycles. The minimum absolute atomic E-state index is 0.613. The molecule has 0 N–H and O–H groups in total. The quantitative estimate of drug-likeness (QED) is 0.417. The van der Waals surface area contributed by atoms with Gasteiger partial charge in [-0.1, -0.05) is 54.2 Å². The van der Waals surface area contributed by atoms with E-state index in [1.54, 1.807) is 7.11 Å². The van der Waals surface area contributed by atoms with Crippen LogP contribution in [0, 0.1) is 0 Å². The standard InChI is InChI=1S/C32H36N4O2/c1-37-30-13-7-6-12-29(30)36-19-17-34(18-20-36)22-26-21-27-23-35(16-14-25-9-4-2-3-5-10-25)24-38-32(27)31-28(26)11-8-15-33-31/h2-9,11-13,15,21H,10,14,16-20,22-24H2,1H3. The molecule has 1 aromatic heterocycles. The second kappa shape index (κ2) is 11.4. The molecule has 2 aliphatic heterocycles. The summed E-state index contributed by atoms with van der Waals surface area (Å²) >= 11 is 0. The van der Waals surface area contributed by atoms with E-state index >= 15 is 0 Å². The minimum atomic E-state index is 0.613. The van der Waals surface area contributed by atoms with Gasteiger partial charge in [0, 0.05) is 63.0 Å². The molecular weight excluding hydrogens is 472 g/mol. The number of piperazine rings is 1. The lowest BCUT2D eigenvalue weighted by Crippen LogP contribution is -2.46. The van der Waals surface area contributed by atoms with Crippen molar-refractivity contribution >= 4 is 16.6 Å². The molecule has 6 heteroatoms. The highest BCUT2D eigenvalue weighted by molar-refractivity contribution is 5.89. The summed E-state index contributed by atoms with van der Waals surface area (Å²) in [6, 6.07) is 14.9. The predicted octanol–water partition coefficient (Wildman–Crippen LogP) is 5.55. The van der Waals surface area contributed by atoms with Crippen molar-refractivity contribution in [2.24, 2.45) is 0 Å². The molecule has 3 heterocycles. The molecule has 2 aromatic carbocycles. The van der Waals surface area contributed by atoms with Crippen molar-refractivity contribution in [3.05, 3.63) is 95.7 Å². The smallest absolute Gasteiger partial charge is 0.152 e. The highest BCUT2D eigenvalue weighted by Crippen LogP contribution is 2.36. The second-order valence-corrected chi connectivity index (χ2v) is 10.3. The molecule has 38 heavy (non-hydrogen) atoms. The normalized spacial score (nSPS) is 18.1. The zero-order valence-corrected chi connectivity index (χ0v) is 22.2. The van der Waals surface area contributed by atoms with Crippen LogP contribution in [-0.4, -0.2) is 61.3 Å². The number of hydrogen-bond acceptors (Lipinski definition) is 6. The number of rotatable bonds is 7. The summed E-state index contributed by atoms with van der Waals surface area (Å²) in [4.78, 5) is 12.2. The van der Waals surface area contributed by atoms with Gasteiger partial charge in [-0.25, -0.2) is 0 Å². The number of fused-ring (bicyclic) bond motifs is 3. The molecular formula is C32H36N4O2. The van der Waals surface area contributed by atoms with Crippen molar-refractivity contribution in [3.8, 4) is 11.5 Å². The van der Waals surface area contributed by atoms with Crippen molar-refractivity contribution in [3.63, 3.8) is 0 Å². The number of aromatic nitrogens is 1. The number of allylic oxidation sites excluding steroid dienone is 5. The topological polar surface area (TPSA) is 41.1 Å². The molecule has 6 rings (SSSR count). The molecule has 3 aliphatic rings. The summed E-state index contributed by atoms with van der Waals surface area (Å²) in [6.07, 6.45) is 14.8. The fraction of sp³-hybridized carbons (Fsp3) is 0.344.